The number of anilines is 1. The van der Waals surface area contributed by atoms with Crippen molar-refractivity contribution in [2.24, 2.45) is 0 Å². The minimum atomic E-state index is -4.37. The van der Waals surface area contributed by atoms with Crippen molar-refractivity contribution in [1.29, 1.82) is 0 Å². The first-order valence-electron chi connectivity index (χ1n) is 8.21. The van der Waals surface area contributed by atoms with Crippen LogP contribution in [0.1, 0.15) is 18.4 Å². The summed E-state index contributed by atoms with van der Waals surface area (Å²) in [5.41, 5.74) is 2.46. The highest BCUT2D eigenvalue weighted by Crippen LogP contribution is 2.23. The van der Waals surface area contributed by atoms with E-state index in [0.717, 1.165) is 12.1 Å². The molecule has 0 unspecified atom stereocenters. The molecule has 29 heavy (non-hydrogen) atoms. The summed E-state index contributed by atoms with van der Waals surface area (Å²) in [7, 11) is -4.37. The molecular weight excluding hydrogens is 424 g/mol. The summed E-state index contributed by atoms with van der Waals surface area (Å²) in [6, 6.07) is 9.67. The highest BCUT2D eigenvalue weighted by Gasteiger charge is 2.25. The Kier molecular flexibility index (Phi) is 7.26. The van der Waals surface area contributed by atoms with Gasteiger partial charge in [0.1, 0.15) is 0 Å². The van der Waals surface area contributed by atoms with Crippen molar-refractivity contribution in [3.05, 3.63) is 63.2 Å². The fourth-order valence-electron chi connectivity index (χ4n) is 2.26. The standard InChI is InChI=1S/C17H17ClN4O6S/c1-11-12(18)5-4-6-13(11)19-16(23)9-10-17(24)20-21-29(27,28)15-8-3-2-7-14(15)22(25)26/h2-8,21H,9-10H2,1H3,(H,19,23)(H,20,24). The maximum Gasteiger partial charge on any atom is 0.289 e. The monoisotopic (exact) mass is 440 g/mol. The third kappa shape index (κ3) is 5.98. The summed E-state index contributed by atoms with van der Waals surface area (Å²) in [6.07, 6.45) is -0.532. The molecule has 154 valence electrons. The molecule has 10 nitrogen and oxygen atoms in total. The second-order valence-electron chi connectivity index (χ2n) is 5.84. The van der Waals surface area contributed by atoms with E-state index in [1.54, 1.807) is 30.0 Å². The molecule has 0 radical (unpaired) electrons. The Morgan fingerprint density at radius 3 is 2.41 bits per heavy atom. The van der Waals surface area contributed by atoms with Gasteiger partial charge in [0.15, 0.2) is 4.90 Å². The number of nitrogens with one attached hydrogen (secondary N) is 3. The molecule has 0 spiro atoms. The zero-order valence-electron chi connectivity index (χ0n) is 15.1. The summed E-state index contributed by atoms with van der Waals surface area (Å²) >= 11 is 5.97. The predicted octanol–water partition coefficient (Wildman–Crippen LogP) is 2.29. The smallest absolute Gasteiger partial charge is 0.289 e. The number of hydrazine groups is 1. The summed E-state index contributed by atoms with van der Waals surface area (Å²) in [4.78, 5) is 35.1. The van der Waals surface area contributed by atoms with Gasteiger partial charge in [-0.2, -0.15) is 0 Å². The second kappa shape index (κ2) is 9.45. The third-order valence-corrected chi connectivity index (χ3v) is 5.50. The Bertz CT molecular complexity index is 1060. The number of halogens is 1. The summed E-state index contributed by atoms with van der Waals surface area (Å²) in [5.74, 6) is -1.25. The number of rotatable bonds is 8. The van der Waals surface area contributed by atoms with Gasteiger partial charge in [0.25, 0.3) is 15.7 Å². The molecule has 0 saturated carbocycles. The Morgan fingerprint density at radius 1 is 1.07 bits per heavy atom. The van der Waals surface area contributed by atoms with E-state index in [1.165, 1.54) is 12.1 Å². The Morgan fingerprint density at radius 2 is 1.72 bits per heavy atom. The Labute approximate surface area is 171 Å². The van der Waals surface area contributed by atoms with Crippen molar-refractivity contribution in [2.75, 3.05) is 5.32 Å². The van der Waals surface area contributed by atoms with Crippen LogP contribution >= 0.6 is 11.6 Å². The molecule has 0 heterocycles. The molecule has 2 rings (SSSR count). The lowest BCUT2D eigenvalue weighted by molar-refractivity contribution is -0.387. The number of nitrogens with zero attached hydrogens (tertiary/aromatic N) is 1. The third-order valence-electron chi connectivity index (χ3n) is 3.80. The van der Waals surface area contributed by atoms with Gasteiger partial charge in [-0.25, -0.2) is 8.42 Å². The SMILES string of the molecule is Cc1c(Cl)cccc1NC(=O)CCC(=O)NNS(=O)(=O)c1ccccc1[N+](=O)[O-]. The molecular formula is C17H17ClN4O6S. The molecule has 0 bridgehead atoms. The molecule has 2 aromatic rings. The fraction of sp³-hybridized carbons (Fsp3) is 0.176. The topological polar surface area (TPSA) is 148 Å². The van der Waals surface area contributed by atoms with E-state index in [9.17, 15) is 28.1 Å². The number of benzene rings is 2. The van der Waals surface area contributed by atoms with Crippen molar-refractivity contribution in [2.45, 2.75) is 24.7 Å². The predicted molar refractivity (Wildman–Crippen MR) is 106 cm³/mol. The van der Waals surface area contributed by atoms with E-state index in [2.05, 4.69) is 5.32 Å². The lowest BCUT2D eigenvalue weighted by atomic mass is 10.2. The van der Waals surface area contributed by atoms with Gasteiger partial charge in [-0.05, 0) is 30.7 Å². The fourth-order valence-corrected chi connectivity index (χ4v) is 3.47. The molecule has 0 aromatic heterocycles. The Hall–Kier alpha value is -3.02. The van der Waals surface area contributed by atoms with Gasteiger partial charge in [0, 0.05) is 29.6 Å². The molecule has 2 amide bonds. The van der Waals surface area contributed by atoms with E-state index in [0.29, 0.717) is 16.3 Å². The van der Waals surface area contributed by atoms with E-state index in [4.69, 9.17) is 11.6 Å². The van der Waals surface area contributed by atoms with E-state index >= 15 is 0 Å². The Balaban J connectivity index is 1.90. The molecule has 0 atom stereocenters. The second-order valence-corrected chi connectivity index (χ2v) is 7.90. The molecule has 3 N–H and O–H groups in total. The first-order chi connectivity index (χ1) is 13.6. The lowest BCUT2D eigenvalue weighted by Crippen LogP contribution is -2.41. The average Bonchev–Trinajstić information content (AvgIpc) is 2.68. The minimum Gasteiger partial charge on any atom is -0.326 e. The van der Waals surface area contributed by atoms with Crippen LogP contribution in [0.25, 0.3) is 0 Å². The number of carbonyl (C=O) groups is 2. The van der Waals surface area contributed by atoms with Gasteiger partial charge in [0.2, 0.25) is 11.8 Å². The van der Waals surface area contributed by atoms with Crippen LogP contribution in [0.15, 0.2) is 47.4 Å². The molecule has 0 aliphatic heterocycles. The molecule has 0 aliphatic carbocycles. The highest BCUT2D eigenvalue weighted by atomic mass is 35.5. The molecule has 2 aromatic carbocycles. The largest absolute Gasteiger partial charge is 0.326 e. The number of sulfonamides is 1. The van der Waals surface area contributed by atoms with Gasteiger partial charge in [-0.15, -0.1) is 4.83 Å². The van der Waals surface area contributed by atoms with Crippen molar-refractivity contribution < 1.29 is 22.9 Å². The number of amides is 2. The van der Waals surface area contributed by atoms with Crippen molar-refractivity contribution in [1.82, 2.24) is 10.3 Å². The van der Waals surface area contributed by atoms with E-state index < -0.39 is 37.3 Å². The van der Waals surface area contributed by atoms with Crippen molar-refractivity contribution >= 4 is 44.8 Å². The van der Waals surface area contributed by atoms with Crippen molar-refractivity contribution in [3.8, 4) is 0 Å². The van der Waals surface area contributed by atoms with Gasteiger partial charge < -0.3 is 5.32 Å². The van der Waals surface area contributed by atoms with Crippen LogP contribution in [-0.4, -0.2) is 25.2 Å². The first-order valence-corrected chi connectivity index (χ1v) is 10.1. The van der Waals surface area contributed by atoms with Gasteiger partial charge in [-0.3, -0.25) is 25.1 Å². The number of para-hydroxylation sites is 1. The zero-order valence-corrected chi connectivity index (χ0v) is 16.7. The summed E-state index contributed by atoms with van der Waals surface area (Å²) < 4.78 is 24.4. The number of hydrogen-bond acceptors (Lipinski definition) is 6. The molecule has 0 aliphatic rings. The molecule has 12 heteroatoms. The van der Waals surface area contributed by atoms with Crippen LogP contribution in [0.3, 0.4) is 0 Å². The quantitative estimate of drug-likeness (QED) is 0.423. The normalized spacial score (nSPS) is 11.0. The van der Waals surface area contributed by atoms with Crippen LogP contribution in [0.2, 0.25) is 5.02 Å². The van der Waals surface area contributed by atoms with E-state index in [-0.39, 0.29) is 12.8 Å². The number of hydrogen-bond donors (Lipinski definition) is 3. The van der Waals surface area contributed by atoms with Gasteiger partial charge in [-0.1, -0.05) is 29.8 Å². The van der Waals surface area contributed by atoms with Gasteiger partial charge >= 0.3 is 0 Å². The molecule has 0 fully saturated rings. The zero-order chi connectivity index (χ0) is 21.6. The van der Waals surface area contributed by atoms with Crippen LogP contribution in [0.4, 0.5) is 11.4 Å². The van der Waals surface area contributed by atoms with Crippen molar-refractivity contribution in [3.63, 3.8) is 0 Å². The highest BCUT2D eigenvalue weighted by molar-refractivity contribution is 7.89. The molecule has 0 saturated heterocycles. The van der Waals surface area contributed by atoms with Gasteiger partial charge in [0.05, 0.1) is 4.92 Å². The maximum atomic E-state index is 12.2. The van der Waals surface area contributed by atoms with Crippen LogP contribution in [0, 0.1) is 17.0 Å². The number of carbonyl (C=O) groups excluding carboxylic acids is 2. The summed E-state index contributed by atoms with van der Waals surface area (Å²) in [6.45, 7) is 1.72. The minimum absolute atomic E-state index is 0.217. The van der Waals surface area contributed by atoms with Crippen LogP contribution < -0.4 is 15.6 Å². The number of nitro benzene ring substituents is 1. The van der Waals surface area contributed by atoms with Crippen LogP contribution in [-0.2, 0) is 19.6 Å². The maximum absolute atomic E-state index is 12.2. The average molecular weight is 441 g/mol. The number of nitro groups is 1. The van der Waals surface area contributed by atoms with Crippen LogP contribution in [0.5, 0.6) is 0 Å². The summed E-state index contributed by atoms with van der Waals surface area (Å²) in [5, 5.41) is 14.0. The lowest BCUT2D eigenvalue weighted by Gasteiger charge is -2.10. The first kappa shape index (κ1) is 22.3. The van der Waals surface area contributed by atoms with E-state index in [1.807, 2.05) is 5.43 Å².